The zero-order chi connectivity index (χ0) is 14.8. The average molecular weight is 287 g/mol. The second-order valence-electron chi connectivity index (χ2n) is 6.83. The van der Waals surface area contributed by atoms with Crippen LogP contribution in [0.1, 0.15) is 51.0 Å². The molecule has 3 atom stereocenters. The molecule has 2 saturated carbocycles. The molecule has 3 nitrogen and oxygen atoms in total. The van der Waals surface area contributed by atoms with Gasteiger partial charge in [-0.05, 0) is 48.6 Å². The third-order valence-corrected chi connectivity index (χ3v) is 4.98. The minimum atomic E-state index is 0.0195. The highest BCUT2D eigenvalue weighted by Gasteiger charge is 2.40. The number of nitrogens with one attached hydrogen (secondary N) is 1. The van der Waals surface area contributed by atoms with Crippen molar-refractivity contribution in [2.24, 2.45) is 11.8 Å². The van der Waals surface area contributed by atoms with E-state index in [2.05, 4.69) is 25.2 Å². The van der Waals surface area contributed by atoms with Crippen LogP contribution in [0.3, 0.4) is 0 Å². The van der Waals surface area contributed by atoms with Gasteiger partial charge in [0.1, 0.15) is 5.75 Å². The van der Waals surface area contributed by atoms with Gasteiger partial charge in [0.25, 0.3) is 5.91 Å². The van der Waals surface area contributed by atoms with Crippen LogP contribution in [0.15, 0.2) is 24.3 Å². The molecule has 3 rings (SSSR count). The Hall–Kier alpha value is -1.51. The van der Waals surface area contributed by atoms with Crippen molar-refractivity contribution in [2.45, 2.75) is 51.5 Å². The summed E-state index contributed by atoms with van der Waals surface area (Å²) in [6, 6.07) is 8.36. The number of hydrogen-bond donors (Lipinski definition) is 1. The maximum atomic E-state index is 12.1. The van der Waals surface area contributed by atoms with Gasteiger partial charge in [0.05, 0.1) is 0 Å². The summed E-state index contributed by atoms with van der Waals surface area (Å²) < 4.78 is 5.74. The standard InChI is InChI=1S/C18H25NO2/c1-12(2)15-5-3-4-6-17(15)21-11-18(20)19-16-10-13-7-8-14(16)9-13/h3-6,12-14,16H,7-11H2,1-2H3,(H,19,20)/t13-,14-,16-/m0/s1. The van der Waals surface area contributed by atoms with Crippen LogP contribution in [-0.2, 0) is 4.79 Å². The smallest absolute Gasteiger partial charge is 0.258 e. The number of carbonyl (C=O) groups is 1. The molecule has 0 spiro atoms. The second-order valence-corrected chi connectivity index (χ2v) is 6.83. The highest BCUT2D eigenvalue weighted by atomic mass is 16.5. The molecule has 21 heavy (non-hydrogen) atoms. The van der Waals surface area contributed by atoms with E-state index in [0.29, 0.717) is 17.9 Å². The summed E-state index contributed by atoms with van der Waals surface area (Å²) in [4.78, 5) is 12.1. The van der Waals surface area contributed by atoms with Crippen molar-refractivity contribution < 1.29 is 9.53 Å². The topological polar surface area (TPSA) is 38.3 Å². The molecule has 114 valence electrons. The van der Waals surface area contributed by atoms with Crippen LogP contribution < -0.4 is 10.1 Å². The van der Waals surface area contributed by atoms with Crippen molar-refractivity contribution in [2.75, 3.05) is 6.61 Å². The number of rotatable bonds is 5. The second kappa shape index (κ2) is 6.08. The van der Waals surface area contributed by atoms with Gasteiger partial charge in [0.15, 0.2) is 6.61 Å². The number of benzene rings is 1. The molecule has 2 fully saturated rings. The number of amides is 1. The predicted molar refractivity (Wildman–Crippen MR) is 83.4 cm³/mol. The van der Waals surface area contributed by atoms with E-state index in [1.165, 1.54) is 25.7 Å². The van der Waals surface area contributed by atoms with Crippen LogP contribution in [-0.4, -0.2) is 18.6 Å². The van der Waals surface area contributed by atoms with Gasteiger partial charge in [-0.3, -0.25) is 4.79 Å². The fourth-order valence-corrected chi connectivity index (χ4v) is 3.90. The molecule has 1 aromatic rings. The van der Waals surface area contributed by atoms with Gasteiger partial charge in [-0.25, -0.2) is 0 Å². The Morgan fingerprint density at radius 3 is 2.76 bits per heavy atom. The number of ether oxygens (including phenoxy) is 1. The third-order valence-electron chi connectivity index (χ3n) is 4.98. The Bertz CT molecular complexity index is 512. The molecular formula is C18H25NO2. The molecule has 0 heterocycles. The van der Waals surface area contributed by atoms with Crippen LogP contribution in [0.2, 0.25) is 0 Å². The summed E-state index contributed by atoms with van der Waals surface area (Å²) in [6.07, 6.45) is 5.11. The lowest BCUT2D eigenvalue weighted by molar-refractivity contribution is -0.124. The molecule has 1 N–H and O–H groups in total. The normalized spacial score (nSPS) is 27.1. The van der Waals surface area contributed by atoms with E-state index in [1.54, 1.807) is 0 Å². The number of carbonyl (C=O) groups excluding carboxylic acids is 1. The van der Waals surface area contributed by atoms with E-state index < -0.39 is 0 Å². The molecule has 2 bridgehead atoms. The Morgan fingerprint density at radius 2 is 2.10 bits per heavy atom. The summed E-state index contributed by atoms with van der Waals surface area (Å²) in [5.41, 5.74) is 1.16. The van der Waals surface area contributed by atoms with E-state index in [0.717, 1.165) is 17.2 Å². The molecule has 1 aromatic carbocycles. The maximum Gasteiger partial charge on any atom is 0.258 e. The van der Waals surface area contributed by atoms with Crippen LogP contribution in [0, 0.1) is 11.8 Å². The minimum absolute atomic E-state index is 0.0195. The molecule has 2 aliphatic carbocycles. The summed E-state index contributed by atoms with van der Waals surface area (Å²) >= 11 is 0. The Labute approximate surface area is 127 Å². The van der Waals surface area contributed by atoms with Gasteiger partial charge >= 0.3 is 0 Å². The third kappa shape index (κ3) is 3.22. The van der Waals surface area contributed by atoms with Gasteiger partial charge in [-0.1, -0.05) is 38.5 Å². The molecule has 3 heteroatoms. The first-order valence-corrected chi connectivity index (χ1v) is 8.14. The van der Waals surface area contributed by atoms with Crippen molar-refractivity contribution in [3.8, 4) is 5.75 Å². The fourth-order valence-electron chi connectivity index (χ4n) is 3.90. The van der Waals surface area contributed by atoms with E-state index in [1.807, 2.05) is 18.2 Å². The van der Waals surface area contributed by atoms with E-state index in [-0.39, 0.29) is 12.5 Å². The molecular weight excluding hydrogens is 262 g/mol. The van der Waals surface area contributed by atoms with Crippen LogP contribution >= 0.6 is 0 Å². The Kier molecular flexibility index (Phi) is 4.18. The predicted octanol–water partition coefficient (Wildman–Crippen LogP) is 3.49. The van der Waals surface area contributed by atoms with E-state index >= 15 is 0 Å². The maximum absolute atomic E-state index is 12.1. The van der Waals surface area contributed by atoms with Crippen molar-refractivity contribution in [3.05, 3.63) is 29.8 Å². The van der Waals surface area contributed by atoms with Crippen molar-refractivity contribution in [1.82, 2.24) is 5.32 Å². The largest absolute Gasteiger partial charge is 0.483 e. The molecule has 0 radical (unpaired) electrons. The average Bonchev–Trinajstić information content (AvgIpc) is 3.08. The lowest BCUT2D eigenvalue weighted by Crippen LogP contribution is -2.40. The SMILES string of the molecule is CC(C)c1ccccc1OCC(=O)N[C@H]1C[C@H]2CC[C@H]1C2. The van der Waals surface area contributed by atoms with Crippen LogP contribution in [0.25, 0.3) is 0 Å². The van der Waals surface area contributed by atoms with E-state index in [4.69, 9.17) is 4.74 Å². The molecule has 0 unspecified atom stereocenters. The minimum Gasteiger partial charge on any atom is -0.483 e. The quantitative estimate of drug-likeness (QED) is 0.900. The lowest BCUT2D eigenvalue weighted by Gasteiger charge is -2.23. The lowest BCUT2D eigenvalue weighted by atomic mass is 9.95. The van der Waals surface area contributed by atoms with Crippen molar-refractivity contribution >= 4 is 5.91 Å². The van der Waals surface area contributed by atoms with Crippen LogP contribution in [0.5, 0.6) is 5.75 Å². The Morgan fingerprint density at radius 1 is 1.29 bits per heavy atom. The van der Waals surface area contributed by atoms with E-state index in [9.17, 15) is 4.79 Å². The first kappa shape index (κ1) is 14.4. The Balaban J connectivity index is 1.52. The molecule has 0 aromatic heterocycles. The first-order chi connectivity index (χ1) is 10.1. The number of para-hydroxylation sites is 1. The highest BCUT2D eigenvalue weighted by molar-refractivity contribution is 5.78. The summed E-state index contributed by atoms with van der Waals surface area (Å²) in [5.74, 6) is 2.81. The summed E-state index contributed by atoms with van der Waals surface area (Å²) in [5, 5.41) is 3.17. The monoisotopic (exact) mass is 287 g/mol. The zero-order valence-electron chi connectivity index (χ0n) is 13.0. The fraction of sp³-hybridized carbons (Fsp3) is 0.611. The van der Waals surface area contributed by atoms with Gasteiger partial charge in [0, 0.05) is 6.04 Å². The summed E-state index contributed by atoms with van der Waals surface area (Å²) in [6.45, 7) is 4.40. The number of hydrogen-bond acceptors (Lipinski definition) is 2. The molecule has 0 saturated heterocycles. The van der Waals surface area contributed by atoms with Gasteiger partial charge in [-0.15, -0.1) is 0 Å². The molecule has 0 aliphatic heterocycles. The molecule has 2 aliphatic rings. The van der Waals surface area contributed by atoms with Gasteiger partial charge < -0.3 is 10.1 Å². The van der Waals surface area contributed by atoms with Gasteiger partial charge in [0.2, 0.25) is 0 Å². The van der Waals surface area contributed by atoms with Gasteiger partial charge in [-0.2, -0.15) is 0 Å². The van der Waals surface area contributed by atoms with Crippen LogP contribution in [0.4, 0.5) is 0 Å². The first-order valence-electron chi connectivity index (χ1n) is 8.14. The van der Waals surface area contributed by atoms with Crippen molar-refractivity contribution in [1.29, 1.82) is 0 Å². The highest BCUT2D eigenvalue weighted by Crippen LogP contribution is 2.44. The summed E-state index contributed by atoms with van der Waals surface area (Å²) in [7, 11) is 0. The zero-order valence-corrected chi connectivity index (χ0v) is 13.0. The number of fused-ring (bicyclic) bond motifs is 2. The molecule has 1 amide bonds. The van der Waals surface area contributed by atoms with Crippen molar-refractivity contribution in [3.63, 3.8) is 0 Å².